The van der Waals surface area contributed by atoms with Crippen LogP contribution in [0, 0.1) is 6.92 Å². The van der Waals surface area contributed by atoms with Crippen molar-refractivity contribution in [3.63, 3.8) is 0 Å². The van der Waals surface area contributed by atoms with Gasteiger partial charge in [-0.3, -0.25) is 14.6 Å². The molecule has 5 heteroatoms. The van der Waals surface area contributed by atoms with Gasteiger partial charge in [-0.15, -0.1) is 0 Å². The molecule has 3 aliphatic rings. The molecule has 22 heavy (non-hydrogen) atoms. The van der Waals surface area contributed by atoms with Crippen LogP contribution in [0.3, 0.4) is 0 Å². The predicted octanol–water partition coefficient (Wildman–Crippen LogP) is 0.499. The van der Waals surface area contributed by atoms with Crippen LogP contribution in [0.5, 0.6) is 0 Å². The van der Waals surface area contributed by atoms with Gasteiger partial charge in [0, 0.05) is 56.9 Å². The summed E-state index contributed by atoms with van der Waals surface area (Å²) in [6.07, 6.45) is 0. The minimum absolute atomic E-state index is 0.0730. The Kier molecular flexibility index (Phi) is 3.44. The first-order chi connectivity index (χ1) is 10.6. The maximum absolute atomic E-state index is 11.8. The molecule has 2 N–H and O–H groups in total. The van der Waals surface area contributed by atoms with Gasteiger partial charge in [0.25, 0.3) is 5.91 Å². The Morgan fingerprint density at radius 3 is 3.00 bits per heavy atom. The fourth-order valence-electron chi connectivity index (χ4n) is 4.22. The van der Waals surface area contributed by atoms with Crippen molar-refractivity contribution in [1.82, 2.24) is 20.4 Å². The number of carbonyl (C=O) groups excluding carboxylic acids is 1. The lowest BCUT2D eigenvalue weighted by Gasteiger charge is -2.47. The fraction of sp³-hybridized carbons (Fsp3) is 0.588. The van der Waals surface area contributed by atoms with E-state index in [1.54, 1.807) is 0 Å². The number of hydrogen-bond donors (Lipinski definition) is 2. The number of fused-ring (bicyclic) bond motifs is 2. The molecule has 0 saturated carbocycles. The molecular weight excluding hydrogens is 276 g/mol. The van der Waals surface area contributed by atoms with Gasteiger partial charge in [0.2, 0.25) is 0 Å². The van der Waals surface area contributed by atoms with Crippen LogP contribution in [0.25, 0.3) is 0 Å². The van der Waals surface area contributed by atoms with E-state index in [1.165, 1.54) is 16.7 Å². The van der Waals surface area contributed by atoms with Crippen LogP contribution in [-0.2, 0) is 6.54 Å². The minimum atomic E-state index is 0.0730. The Morgan fingerprint density at radius 1 is 1.27 bits per heavy atom. The molecule has 4 rings (SSSR count). The first-order valence-electron chi connectivity index (χ1n) is 8.20. The van der Waals surface area contributed by atoms with E-state index in [4.69, 9.17) is 0 Å². The van der Waals surface area contributed by atoms with Crippen molar-refractivity contribution >= 4 is 5.91 Å². The molecule has 2 fully saturated rings. The van der Waals surface area contributed by atoms with E-state index in [0.717, 1.165) is 38.3 Å². The number of rotatable bonds is 1. The molecule has 118 valence electrons. The Balaban J connectivity index is 1.65. The predicted molar refractivity (Wildman–Crippen MR) is 86.0 cm³/mol. The van der Waals surface area contributed by atoms with E-state index in [2.05, 4.69) is 40.5 Å². The van der Waals surface area contributed by atoms with Crippen LogP contribution in [-0.4, -0.2) is 61.5 Å². The number of nitrogens with zero attached hydrogens (tertiary/aromatic N) is 2. The minimum Gasteiger partial charge on any atom is -0.348 e. The van der Waals surface area contributed by atoms with Crippen molar-refractivity contribution in [3.8, 4) is 0 Å². The fourth-order valence-corrected chi connectivity index (χ4v) is 4.22. The summed E-state index contributed by atoms with van der Waals surface area (Å²) < 4.78 is 0. The van der Waals surface area contributed by atoms with Gasteiger partial charge in [0.1, 0.15) is 0 Å². The summed E-state index contributed by atoms with van der Waals surface area (Å²) in [5, 5.41) is 6.44. The standard InChI is InChI=1S/C17H24N4O/c1-11-13(3-4-14-15(11)8-19-17(14)22)16-10-21-6-5-18-7-12(21)9-20(16)2/h3-4,12,16,18H,5-10H2,1-2H3,(H,19,22). The quantitative estimate of drug-likeness (QED) is 0.793. The summed E-state index contributed by atoms with van der Waals surface area (Å²) in [6.45, 7) is 8.37. The topological polar surface area (TPSA) is 47.6 Å². The summed E-state index contributed by atoms with van der Waals surface area (Å²) in [5.41, 5.74) is 4.73. The van der Waals surface area contributed by atoms with E-state index >= 15 is 0 Å². The average molecular weight is 300 g/mol. The smallest absolute Gasteiger partial charge is 0.251 e. The van der Waals surface area contributed by atoms with Crippen molar-refractivity contribution in [2.45, 2.75) is 25.6 Å². The molecule has 2 saturated heterocycles. The summed E-state index contributed by atoms with van der Waals surface area (Å²) in [6, 6.07) is 5.24. The molecule has 2 atom stereocenters. The van der Waals surface area contributed by atoms with Crippen molar-refractivity contribution < 1.29 is 4.79 Å². The lowest BCUT2D eigenvalue weighted by Crippen LogP contribution is -2.61. The molecule has 1 amide bonds. The highest BCUT2D eigenvalue weighted by molar-refractivity contribution is 5.98. The molecule has 2 unspecified atom stereocenters. The van der Waals surface area contributed by atoms with Gasteiger partial charge in [-0.2, -0.15) is 0 Å². The largest absolute Gasteiger partial charge is 0.348 e. The van der Waals surface area contributed by atoms with E-state index in [0.29, 0.717) is 18.6 Å². The number of hydrogen-bond acceptors (Lipinski definition) is 4. The first kappa shape index (κ1) is 14.2. The summed E-state index contributed by atoms with van der Waals surface area (Å²) in [4.78, 5) is 16.9. The van der Waals surface area contributed by atoms with Crippen LogP contribution in [0.1, 0.15) is 33.1 Å². The van der Waals surface area contributed by atoms with Crippen LogP contribution in [0.15, 0.2) is 12.1 Å². The molecule has 0 spiro atoms. The third-order valence-electron chi connectivity index (χ3n) is 5.58. The number of likely N-dealkylation sites (N-methyl/N-ethyl adjacent to an activating group) is 1. The second-order valence-corrected chi connectivity index (χ2v) is 6.80. The molecule has 1 aromatic rings. The number of benzene rings is 1. The highest BCUT2D eigenvalue weighted by Gasteiger charge is 2.35. The third kappa shape index (κ3) is 2.16. The number of amides is 1. The van der Waals surface area contributed by atoms with E-state index in [-0.39, 0.29) is 5.91 Å². The maximum atomic E-state index is 11.8. The zero-order valence-electron chi connectivity index (χ0n) is 13.4. The molecule has 0 aliphatic carbocycles. The Bertz CT molecular complexity index is 615. The molecule has 3 aliphatic heterocycles. The normalized spacial score (nSPS) is 29.1. The summed E-state index contributed by atoms with van der Waals surface area (Å²) in [5.74, 6) is 0.0730. The van der Waals surface area contributed by atoms with Gasteiger partial charge in [0.15, 0.2) is 0 Å². The molecule has 0 bridgehead atoms. The second-order valence-electron chi connectivity index (χ2n) is 6.80. The second kappa shape index (κ2) is 5.33. The van der Waals surface area contributed by atoms with Gasteiger partial charge in [0.05, 0.1) is 0 Å². The maximum Gasteiger partial charge on any atom is 0.251 e. The van der Waals surface area contributed by atoms with E-state index in [1.807, 2.05) is 6.07 Å². The molecule has 0 aromatic heterocycles. The summed E-state index contributed by atoms with van der Waals surface area (Å²) in [7, 11) is 2.23. The van der Waals surface area contributed by atoms with Crippen molar-refractivity contribution in [1.29, 1.82) is 0 Å². The van der Waals surface area contributed by atoms with Crippen LogP contribution >= 0.6 is 0 Å². The number of piperazine rings is 2. The SMILES string of the molecule is Cc1c(C2CN3CCNCC3CN2C)ccc2c1CNC2=O. The number of carbonyl (C=O) groups is 1. The highest BCUT2D eigenvalue weighted by Crippen LogP contribution is 2.32. The van der Waals surface area contributed by atoms with Crippen molar-refractivity contribution in [3.05, 3.63) is 34.4 Å². The lowest BCUT2D eigenvalue weighted by molar-refractivity contribution is 0.0298. The monoisotopic (exact) mass is 300 g/mol. The summed E-state index contributed by atoms with van der Waals surface area (Å²) >= 11 is 0. The first-order valence-corrected chi connectivity index (χ1v) is 8.20. The molecule has 1 aromatic carbocycles. The molecule has 3 heterocycles. The van der Waals surface area contributed by atoms with Gasteiger partial charge in [-0.05, 0) is 36.7 Å². The third-order valence-corrected chi connectivity index (χ3v) is 5.58. The van der Waals surface area contributed by atoms with Crippen molar-refractivity contribution in [2.75, 3.05) is 39.8 Å². The van der Waals surface area contributed by atoms with Crippen LogP contribution < -0.4 is 10.6 Å². The zero-order chi connectivity index (χ0) is 15.3. The van der Waals surface area contributed by atoms with Gasteiger partial charge >= 0.3 is 0 Å². The van der Waals surface area contributed by atoms with Crippen LogP contribution in [0.4, 0.5) is 0 Å². The lowest BCUT2D eigenvalue weighted by atomic mass is 9.91. The zero-order valence-corrected chi connectivity index (χ0v) is 13.4. The number of nitrogens with one attached hydrogen (secondary N) is 2. The van der Waals surface area contributed by atoms with Gasteiger partial charge < -0.3 is 10.6 Å². The van der Waals surface area contributed by atoms with Gasteiger partial charge in [-0.1, -0.05) is 6.07 Å². The molecule has 0 radical (unpaired) electrons. The van der Waals surface area contributed by atoms with Crippen LogP contribution in [0.2, 0.25) is 0 Å². The average Bonchev–Trinajstić information content (AvgIpc) is 2.90. The Hall–Kier alpha value is -1.43. The Labute approximate surface area is 131 Å². The van der Waals surface area contributed by atoms with Gasteiger partial charge in [-0.25, -0.2) is 0 Å². The van der Waals surface area contributed by atoms with E-state index < -0.39 is 0 Å². The molecular formula is C17H24N4O. The van der Waals surface area contributed by atoms with E-state index in [9.17, 15) is 4.79 Å². The highest BCUT2D eigenvalue weighted by atomic mass is 16.1. The van der Waals surface area contributed by atoms with Crippen molar-refractivity contribution in [2.24, 2.45) is 0 Å². The molecule has 5 nitrogen and oxygen atoms in total. The Morgan fingerprint density at radius 2 is 2.14 bits per heavy atom.